The fraction of sp³-hybridized carbons (Fsp3) is 0.571. The van der Waals surface area contributed by atoms with Crippen LogP contribution in [0.25, 0.3) is 0 Å². The lowest BCUT2D eigenvalue weighted by Gasteiger charge is -2.16. The van der Waals surface area contributed by atoms with Gasteiger partial charge in [0.1, 0.15) is 5.75 Å². The molecule has 1 aromatic rings. The van der Waals surface area contributed by atoms with Crippen molar-refractivity contribution in [3.05, 3.63) is 27.7 Å². The van der Waals surface area contributed by atoms with E-state index in [1.807, 2.05) is 0 Å². The van der Waals surface area contributed by atoms with Gasteiger partial charge in [0.15, 0.2) is 0 Å². The molecule has 2 fully saturated rings. The number of methoxy groups -OCH3 is 1. The molecule has 1 N–H and O–H groups in total. The minimum Gasteiger partial charge on any atom is -0.495 e. The molecule has 2 nitrogen and oxygen atoms in total. The van der Waals surface area contributed by atoms with Crippen LogP contribution in [0.1, 0.15) is 30.9 Å². The third kappa shape index (κ3) is 1.91. The minimum absolute atomic E-state index is 0.376. The van der Waals surface area contributed by atoms with E-state index in [0.29, 0.717) is 33.5 Å². The second-order valence-electron chi connectivity index (χ2n) is 5.29. The van der Waals surface area contributed by atoms with Crippen molar-refractivity contribution in [1.82, 2.24) is 0 Å². The van der Waals surface area contributed by atoms with Crippen LogP contribution in [-0.2, 0) is 0 Å². The molecule has 3 atom stereocenters. The monoisotopic (exact) mass is 286 g/mol. The Morgan fingerprint density at radius 3 is 2.50 bits per heavy atom. The molecule has 0 bridgehead atoms. The smallest absolute Gasteiger partial charge is 0.138 e. The molecule has 0 heterocycles. The zero-order valence-electron chi connectivity index (χ0n) is 10.2. The fourth-order valence-corrected chi connectivity index (χ4v) is 3.99. The number of hydrogen-bond donors (Lipinski definition) is 1. The largest absolute Gasteiger partial charge is 0.495 e. The molecule has 2 aliphatic carbocycles. The summed E-state index contributed by atoms with van der Waals surface area (Å²) in [5.74, 6) is 2.31. The molecule has 1 aromatic carbocycles. The molecule has 98 valence electrons. The Morgan fingerprint density at radius 1 is 1.22 bits per heavy atom. The molecule has 0 amide bonds. The zero-order chi connectivity index (χ0) is 12.9. The van der Waals surface area contributed by atoms with E-state index in [0.717, 1.165) is 5.56 Å². The normalized spacial score (nSPS) is 31.0. The fourth-order valence-electron chi connectivity index (χ4n) is 3.48. The van der Waals surface area contributed by atoms with E-state index in [1.54, 1.807) is 19.2 Å². The van der Waals surface area contributed by atoms with Crippen molar-refractivity contribution in [2.45, 2.75) is 25.4 Å². The summed E-state index contributed by atoms with van der Waals surface area (Å²) in [7, 11) is 1.55. The summed E-state index contributed by atoms with van der Waals surface area (Å²) in [6.45, 7) is 0. The molecule has 0 aromatic heterocycles. The van der Waals surface area contributed by atoms with Gasteiger partial charge in [-0.1, -0.05) is 29.6 Å². The van der Waals surface area contributed by atoms with Crippen LogP contribution in [0.15, 0.2) is 12.1 Å². The Bertz CT molecular complexity index is 465. The van der Waals surface area contributed by atoms with Crippen LogP contribution in [-0.4, -0.2) is 12.2 Å². The van der Waals surface area contributed by atoms with Crippen molar-refractivity contribution in [3.8, 4) is 5.75 Å². The number of benzene rings is 1. The SMILES string of the molecule is COc1cc(Cl)c(C(O)C2C3CCCC32)cc1Cl. The summed E-state index contributed by atoms with van der Waals surface area (Å²) in [6.07, 6.45) is 3.30. The van der Waals surface area contributed by atoms with Crippen LogP contribution < -0.4 is 4.74 Å². The second kappa shape index (κ2) is 4.59. The maximum absolute atomic E-state index is 10.5. The van der Waals surface area contributed by atoms with Crippen LogP contribution >= 0.6 is 23.2 Å². The van der Waals surface area contributed by atoms with Gasteiger partial charge in [-0.25, -0.2) is 0 Å². The standard InChI is InChI=1S/C14H16Cl2O2/c1-18-12-6-10(15)9(5-11(12)16)14(17)13-7-3-2-4-8(7)13/h5-8,13-14,17H,2-4H2,1H3. The van der Waals surface area contributed by atoms with Gasteiger partial charge in [-0.05, 0) is 36.7 Å². The molecular weight excluding hydrogens is 271 g/mol. The molecular formula is C14H16Cl2O2. The van der Waals surface area contributed by atoms with Crippen molar-refractivity contribution in [3.63, 3.8) is 0 Å². The molecule has 4 heteroatoms. The first-order valence-corrected chi connectivity index (χ1v) is 7.10. The molecule has 0 aliphatic heterocycles. The van der Waals surface area contributed by atoms with Gasteiger partial charge in [0.2, 0.25) is 0 Å². The van der Waals surface area contributed by atoms with Gasteiger partial charge in [-0.2, -0.15) is 0 Å². The molecule has 3 rings (SSSR count). The van der Waals surface area contributed by atoms with Crippen molar-refractivity contribution in [2.75, 3.05) is 7.11 Å². The predicted molar refractivity (Wildman–Crippen MR) is 72.3 cm³/mol. The average Bonchev–Trinajstić information content (AvgIpc) is 2.83. The number of hydrogen-bond acceptors (Lipinski definition) is 2. The van der Waals surface area contributed by atoms with E-state index in [-0.39, 0.29) is 0 Å². The first-order valence-electron chi connectivity index (χ1n) is 6.34. The Labute approximate surface area is 117 Å². The molecule has 0 spiro atoms. The van der Waals surface area contributed by atoms with E-state index < -0.39 is 6.10 Å². The molecule has 3 unspecified atom stereocenters. The van der Waals surface area contributed by atoms with Gasteiger partial charge in [-0.3, -0.25) is 0 Å². The van der Waals surface area contributed by atoms with Gasteiger partial charge in [0.05, 0.1) is 23.3 Å². The van der Waals surface area contributed by atoms with Crippen molar-refractivity contribution in [1.29, 1.82) is 0 Å². The van der Waals surface area contributed by atoms with Crippen LogP contribution in [0.3, 0.4) is 0 Å². The Balaban J connectivity index is 1.86. The minimum atomic E-state index is -0.490. The van der Waals surface area contributed by atoms with Gasteiger partial charge in [0, 0.05) is 11.6 Å². The summed E-state index contributed by atoms with van der Waals surface area (Å²) in [4.78, 5) is 0. The molecule has 2 aliphatic rings. The van der Waals surface area contributed by atoms with Crippen molar-refractivity contribution >= 4 is 23.2 Å². The highest BCUT2D eigenvalue weighted by Crippen LogP contribution is 2.62. The topological polar surface area (TPSA) is 29.5 Å². The van der Waals surface area contributed by atoms with Crippen molar-refractivity contribution in [2.24, 2.45) is 17.8 Å². The van der Waals surface area contributed by atoms with Gasteiger partial charge in [-0.15, -0.1) is 0 Å². The molecule has 2 saturated carbocycles. The third-order valence-electron chi connectivity index (χ3n) is 4.43. The van der Waals surface area contributed by atoms with Gasteiger partial charge >= 0.3 is 0 Å². The van der Waals surface area contributed by atoms with Crippen molar-refractivity contribution < 1.29 is 9.84 Å². The number of aliphatic hydroxyl groups is 1. The first-order chi connectivity index (χ1) is 8.63. The van der Waals surface area contributed by atoms with Crippen LogP contribution in [0.2, 0.25) is 10.0 Å². The summed E-state index contributed by atoms with van der Waals surface area (Å²) in [6, 6.07) is 3.42. The molecule has 0 saturated heterocycles. The Morgan fingerprint density at radius 2 is 1.89 bits per heavy atom. The lowest BCUT2D eigenvalue weighted by Crippen LogP contribution is -2.05. The number of ether oxygens (including phenoxy) is 1. The quantitative estimate of drug-likeness (QED) is 0.907. The summed E-state index contributed by atoms with van der Waals surface area (Å²) in [5.41, 5.74) is 0.738. The third-order valence-corrected chi connectivity index (χ3v) is 5.05. The van der Waals surface area contributed by atoms with Gasteiger partial charge in [0.25, 0.3) is 0 Å². The first kappa shape index (κ1) is 12.6. The average molecular weight is 287 g/mol. The summed E-state index contributed by atoms with van der Waals surface area (Å²) < 4.78 is 5.11. The van der Waals surface area contributed by atoms with E-state index in [9.17, 15) is 5.11 Å². The molecule has 18 heavy (non-hydrogen) atoms. The summed E-state index contributed by atoms with van der Waals surface area (Å²) in [5, 5.41) is 11.5. The number of aliphatic hydroxyl groups excluding tert-OH is 1. The lowest BCUT2D eigenvalue weighted by molar-refractivity contribution is 0.137. The number of fused-ring (bicyclic) bond motifs is 1. The Kier molecular flexibility index (Phi) is 3.21. The highest BCUT2D eigenvalue weighted by atomic mass is 35.5. The lowest BCUT2D eigenvalue weighted by atomic mass is 9.99. The van der Waals surface area contributed by atoms with Crippen LogP contribution in [0, 0.1) is 17.8 Å². The van der Waals surface area contributed by atoms with E-state index in [1.165, 1.54) is 19.3 Å². The number of rotatable bonds is 3. The second-order valence-corrected chi connectivity index (χ2v) is 6.10. The number of halogens is 2. The summed E-state index contributed by atoms with van der Waals surface area (Å²) >= 11 is 12.3. The van der Waals surface area contributed by atoms with Crippen LogP contribution in [0.4, 0.5) is 0 Å². The predicted octanol–water partition coefficient (Wildman–Crippen LogP) is 4.08. The van der Waals surface area contributed by atoms with Gasteiger partial charge < -0.3 is 9.84 Å². The van der Waals surface area contributed by atoms with E-state index in [4.69, 9.17) is 27.9 Å². The van der Waals surface area contributed by atoms with E-state index >= 15 is 0 Å². The highest BCUT2D eigenvalue weighted by Gasteiger charge is 2.56. The zero-order valence-corrected chi connectivity index (χ0v) is 11.7. The highest BCUT2D eigenvalue weighted by molar-refractivity contribution is 6.34. The van der Waals surface area contributed by atoms with Crippen LogP contribution in [0.5, 0.6) is 5.75 Å². The maximum Gasteiger partial charge on any atom is 0.138 e. The maximum atomic E-state index is 10.5. The van der Waals surface area contributed by atoms with E-state index in [2.05, 4.69) is 0 Å². The molecule has 0 radical (unpaired) electrons. The Hall–Kier alpha value is -0.440.